The van der Waals surface area contributed by atoms with Gasteiger partial charge in [-0.1, -0.05) is 12.1 Å². The molecule has 1 aromatic rings. The summed E-state index contributed by atoms with van der Waals surface area (Å²) in [6, 6.07) is 7.55. The third-order valence-electron chi connectivity index (χ3n) is 1.70. The van der Waals surface area contributed by atoms with Gasteiger partial charge >= 0.3 is 0 Å². The van der Waals surface area contributed by atoms with E-state index >= 15 is 0 Å². The Kier molecular flexibility index (Phi) is 3.26. The molecule has 0 bridgehead atoms. The molecule has 0 heterocycles. The molecule has 1 rings (SSSR count). The predicted octanol–water partition coefficient (Wildman–Crippen LogP) is 2.30. The predicted molar refractivity (Wildman–Crippen MR) is 52.7 cm³/mol. The molecule has 0 aliphatic carbocycles. The number of hydrogen-bond donors (Lipinski definition) is 0. The lowest BCUT2D eigenvalue weighted by atomic mass is 10.1. The highest BCUT2D eigenvalue weighted by molar-refractivity contribution is 5.80. The molecule has 0 N–H and O–H groups in total. The molecule has 2 heteroatoms. The van der Waals surface area contributed by atoms with Crippen molar-refractivity contribution in [3.8, 4) is 5.75 Å². The summed E-state index contributed by atoms with van der Waals surface area (Å²) in [4.78, 5) is 10.3. The minimum atomic E-state index is 0.713. The van der Waals surface area contributed by atoms with Crippen LogP contribution in [0.3, 0.4) is 0 Å². The number of aldehydes is 1. The van der Waals surface area contributed by atoms with Crippen LogP contribution in [-0.4, -0.2) is 13.4 Å². The summed E-state index contributed by atoms with van der Waals surface area (Å²) in [5, 5.41) is 0. The van der Waals surface area contributed by atoms with Crippen LogP contribution >= 0.6 is 0 Å². The highest BCUT2D eigenvalue weighted by Gasteiger charge is 1.91. The number of hydrogen-bond acceptors (Lipinski definition) is 2. The molecule has 0 atom stereocenters. The standard InChI is InChI=1S/C11H12O2/c1-9(8-12)7-10-3-5-11(13-2)6-4-10/h3-8H,1-2H3/b9-7+. The van der Waals surface area contributed by atoms with Gasteiger partial charge in [0, 0.05) is 0 Å². The maximum atomic E-state index is 10.3. The molecule has 68 valence electrons. The normalized spacial score (nSPS) is 11.1. The fourth-order valence-electron chi connectivity index (χ4n) is 0.997. The van der Waals surface area contributed by atoms with Crippen molar-refractivity contribution in [2.75, 3.05) is 7.11 Å². The van der Waals surface area contributed by atoms with Crippen LogP contribution in [-0.2, 0) is 4.79 Å². The summed E-state index contributed by atoms with van der Waals surface area (Å²) in [5.41, 5.74) is 1.72. The van der Waals surface area contributed by atoms with Gasteiger partial charge in [0.05, 0.1) is 7.11 Å². The number of methoxy groups -OCH3 is 1. The van der Waals surface area contributed by atoms with Crippen LogP contribution in [0.5, 0.6) is 5.75 Å². The maximum Gasteiger partial charge on any atom is 0.145 e. The Labute approximate surface area is 77.8 Å². The molecule has 0 spiro atoms. The summed E-state index contributed by atoms with van der Waals surface area (Å²) in [5.74, 6) is 0.820. The van der Waals surface area contributed by atoms with Gasteiger partial charge in [-0.3, -0.25) is 4.79 Å². The van der Waals surface area contributed by atoms with Crippen molar-refractivity contribution < 1.29 is 9.53 Å². The average molecular weight is 176 g/mol. The van der Waals surface area contributed by atoms with Gasteiger partial charge in [0.2, 0.25) is 0 Å². The van der Waals surface area contributed by atoms with Crippen molar-refractivity contribution in [1.29, 1.82) is 0 Å². The van der Waals surface area contributed by atoms with E-state index in [9.17, 15) is 4.79 Å². The lowest BCUT2D eigenvalue weighted by Crippen LogP contribution is -1.82. The third-order valence-corrected chi connectivity index (χ3v) is 1.70. The Morgan fingerprint density at radius 2 is 1.92 bits per heavy atom. The van der Waals surface area contributed by atoms with E-state index in [4.69, 9.17) is 4.74 Å². The number of ether oxygens (including phenoxy) is 1. The second-order valence-electron chi connectivity index (χ2n) is 2.78. The average Bonchev–Trinajstić information content (AvgIpc) is 2.19. The quantitative estimate of drug-likeness (QED) is 0.521. The Morgan fingerprint density at radius 3 is 2.38 bits per heavy atom. The lowest BCUT2D eigenvalue weighted by Gasteiger charge is -1.99. The van der Waals surface area contributed by atoms with Gasteiger partial charge < -0.3 is 4.74 Å². The molecule has 1 aromatic carbocycles. The van der Waals surface area contributed by atoms with Crippen molar-refractivity contribution in [1.82, 2.24) is 0 Å². The van der Waals surface area contributed by atoms with Crippen LogP contribution in [0.1, 0.15) is 12.5 Å². The first kappa shape index (κ1) is 9.52. The molecule has 0 saturated heterocycles. The van der Waals surface area contributed by atoms with Crippen molar-refractivity contribution in [3.05, 3.63) is 35.4 Å². The van der Waals surface area contributed by atoms with Gasteiger partial charge in [-0.25, -0.2) is 0 Å². The molecular weight excluding hydrogens is 164 g/mol. The van der Waals surface area contributed by atoms with Gasteiger partial charge in [-0.2, -0.15) is 0 Å². The van der Waals surface area contributed by atoms with E-state index in [1.807, 2.05) is 30.3 Å². The number of benzene rings is 1. The monoisotopic (exact) mass is 176 g/mol. The maximum absolute atomic E-state index is 10.3. The summed E-state index contributed by atoms with van der Waals surface area (Å²) >= 11 is 0. The molecule has 0 radical (unpaired) electrons. The summed E-state index contributed by atoms with van der Waals surface area (Å²) in [6.45, 7) is 1.78. The zero-order valence-electron chi connectivity index (χ0n) is 7.78. The molecule has 0 unspecified atom stereocenters. The number of rotatable bonds is 3. The SMILES string of the molecule is COc1ccc(/C=C(\C)C=O)cc1. The topological polar surface area (TPSA) is 26.3 Å². The minimum absolute atomic E-state index is 0.713. The molecular formula is C11H12O2. The summed E-state index contributed by atoms with van der Waals surface area (Å²) in [7, 11) is 1.63. The van der Waals surface area contributed by atoms with Gasteiger partial charge in [0.15, 0.2) is 0 Å². The molecule has 0 amide bonds. The van der Waals surface area contributed by atoms with Gasteiger partial charge in [0.25, 0.3) is 0 Å². The Balaban J connectivity index is 2.86. The summed E-state index contributed by atoms with van der Waals surface area (Å²) in [6.07, 6.45) is 2.66. The van der Waals surface area contributed by atoms with Crippen molar-refractivity contribution in [2.24, 2.45) is 0 Å². The molecule has 13 heavy (non-hydrogen) atoms. The molecule has 0 aliphatic rings. The van der Waals surface area contributed by atoms with Gasteiger partial charge in [-0.15, -0.1) is 0 Å². The van der Waals surface area contributed by atoms with Crippen molar-refractivity contribution in [2.45, 2.75) is 6.92 Å². The van der Waals surface area contributed by atoms with Crippen LogP contribution in [0.4, 0.5) is 0 Å². The minimum Gasteiger partial charge on any atom is -0.497 e. The number of carbonyl (C=O) groups is 1. The van der Waals surface area contributed by atoms with Crippen LogP contribution < -0.4 is 4.74 Å². The Bertz CT molecular complexity index is 309. The van der Waals surface area contributed by atoms with Crippen molar-refractivity contribution >= 4 is 12.4 Å². The third kappa shape index (κ3) is 2.75. The van der Waals surface area contributed by atoms with E-state index in [1.54, 1.807) is 14.0 Å². The van der Waals surface area contributed by atoms with E-state index in [-0.39, 0.29) is 0 Å². The Hall–Kier alpha value is -1.57. The zero-order valence-corrected chi connectivity index (χ0v) is 7.78. The molecule has 0 saturated carbocycles. The summed E-state index contributed by atoms with van der Waals surface area (Å²) < 4.78 is 5.01. The van der Waals surface area contributed by atoms with E-state index in [1.165, 1.54) is 0 Å². The second-order valence-corrected chi connectivity index (χ2v) is 2.78. The van der Waals surface area contributed by atoms with E-state index in [0.717, 1.165) is 17.6 Å². The van der Waals surface area contributed by atoms with Crippen LogP contribution in [0.25, 0.3) is 6.08 Å². The number of carbonyl (C=O) groups excluding carboxylic acids is 1. The molecule has 0 aromatic heterocycles. The highest BCUT2D eigenvalue weighted by atomic mass is 16.5. The van der Waals surface area contributed by atoms with Crippen LogP contribution in [0.2, 0.25) is 0 Å². The first-order chi connectivity index (χ1) is 6.26. The fourth-order valence-corrected chi connectivity index (χ4v) is 0.997. The van der Waals surface area contributed by atoms with Crippen molar-refractivity contribution in [3.63, 3.8) is 0 Å². The van der Waals surface area contributed by atoms with Gasteiger partial charge in [-0.05, 0) is 36.3 Å². The van der Waals surface area contributed by atoms with E-state index in [2.05, 4.69) is 0 Å². The molecule has 0 aliphatic heterocycles. The Morgan fingerprint density at radius 1 is 1.31 bits per heavy atom. The van der Waals surface area contributed by atoms with E-state index in [0.29, 0.717) is 5.57 Å². The lowest BCUT2D eigenvalue weighted by molar-refractivity contribution is -0.104. The van der Waals surface area contributed by atoms with Crippen LogP contribution in [0, 0.1) is 0 Å². The molecule has 0 fully saturated rings. The van der Waals surface area contributed by atoms with E-state index < -0.39 is 0 Å². The smallest absolute Gasteiger partial charge is 0.145 e. The molecule has 2 nitrogen and oxygen atoms in total. The van der Waals surface area contributed by atoms with Crippen LogP contribution in [0.15, 0.2) is 29.8 Å². The largest absolute Gasteiger partial charge is 0.497 e. The first-order valence-corrected chi connectivity index (χ1v) is 4.04. The first-order valence-electron chi connectivity index (χ1n) is 4.04. The second kappa shape index (κ2) is 4.45. The number of allylic oxidation sites excluding steroid dienone is 1. The highest BCUT2D eigenvalue weighted by Crippen LogP contribution is 2.13. The van der Waals surface area contributed by atoms with Gasteiger partial charge in [0.1, 0.15) is 12.0 Å². The fraction of sp³-hybridized carbons (Fsp3) is 0.182. The zero-order chi connectivity index (χ0) is 9.68.